The highest BCUT2D eigenvalue weighted by Crippen LogP contribution is 2.35. The van der Waals surface area contributed by atoms with E-state index in [0.717, 1.165) is 19.3 Å². The standard InChI is InChI=1S/C10H16O3/c1-10(6-8(12)7-11)5-3-2-4-9(10)13/h11H,2-7H2,1H3. The number of rotatable bonds is 3. The van der Waals surface area contributed by atoms with Crippen molar-refractivity contribution in [2.24, 2.45) is 5.41 Å². The van der Waals surface area contributed by atoms with Gasteiger partial charge >= 0.3 is 0 Å². The van der Waals surface area contributed by atoms with Crippen LogP contribution in [-0.2, 0) is 9.59 Å². The van der Waals surface area contributed by atoms with Crippen molar-refractivity contribution in [1.82, 2.24) is 0 Å². The molecule has 1 rings (SSSR count). The number of hydrogen-bond acceptors (Lipinski definition) is 3. The summed E-state index contributed by atoms with van der Waals surface area (Å²) < 4.78 is 0. The zero-order chi connectivity index (χ0) is 9.90. The molecule has 1 aliphatic rings. The van der Waals surface area contributed by atoms with Crippen molar-refractivity contribution in [1.29, 1.82) is 0 Å². The summed E-state index contributed by atoms with van der Waals surface area (Å²) in [6.45, 7) is 1.39. The van der Waals surface area contributed by atoms with Crippen LogP contribution in [0.25, 0.3) is 0 Å². The number of aliphatic hydroxyl groups is 1. The molecule has 1 aliphatic carbocycles. The number of carbonyl (C=O) groups excluding carboxylic acids is 2. The molecule has 13 heavy (non-hydrogen) atoms. The fourth-order valence-electron chi connectivity index (χ4n) is 1.92. The van der Waals surface area contributed by atoms with Crippen molar-refractivity contribution in [3.63, 3.8) is 0 Å². The molecule has 74 valence electrons. The topological polar surface area (TPSA) is 54.4 Å². The van der Waals surface area contributed by atoms with Gasteiger partial charge in [0.15, 0.2) is 5.78 Å². The summed E-state index contributed by atoms with van der Waals surface area (Å²) in [6, 6.07) is 0. The number of Topliss-reactive ketones (excluding diaryl/α,β-unsaturated/α-hetero) is 2. The second kappa shape index (κ2) is 4.01. The van der Waals surface area contributed by atoms with Crippen LogP contribution in [0, 0.1) is 5.41 Å². The van der Waals surface area contributed by atoms with E-state index >= 15 is 0 Å². The van der Waals surface area contributed by atoms with Gasteiger partial charge in [0, 0.05) is 18.3 Å². The van der Waals surface area contributed by atoms with Gasteiger partial charge in [-0.1, -0.05) is 13.3 Å². The highest BCUT2D eigenvalue weighted by Gasteiger charge is 2.36. The molecule has 3 heteroatoms. The maximum Gasteiger partial charge on any atom is 0.159 e. The number of aliphatic hydroxyl groups excluding tert-OH is 1. The largest absolute Gasteiger partial charge is 0.389 e. The van der Waals surface area contributed by atoms with E-state index in [4.69, 9.17) is 5.11 Å². The fraction of sp³-hybridized carbons (Fsp3) is 0.800. The number of hydrogen-bond donors (Lipinski definition) is 1. The molecule has 0 aliphatic heterocycles. The van der Waals surface area contributed by atoms with Gasteiger partial charge in [-0.15, -0.1) is 0 Å². The van der Waals surface area contributed by atoms with Crippen LogP contribution >= 0.6 is 0 Å². The third kappa shape index (κ3) is 2.37. The van der Waals surface area contributed by atoms with Gasteiger partial charge in [-0.2, -0.15) is 0 Å². The normalized spacial score (nSPS) is 28.9. The molecule has 0 amide bonds. The molecule has 0 bridgehead atoms. The first-order chi connectivity index (χ1) is 6.08. The summed E-state index contributed by atoms with van der Waals surface area (Å²) in [4.78, 5) is 22.6. The highest BCUT2D eigenvalue weighted by molar-refractivity contribution is 5.91. The Kier molecular flexibility index (Phi) is 3.20. The second-order valence-electron chi connectivity index (χ2n) is 4.06. The molecule has 1 N–H and O–H groups in total. The van der Waals surface area contributed by atoms with Crippen LogP contribution in [0.4, 0.5) is 0 Å². The van der Waals surface area contributed by atoms with Crippen molar-refractivity contribution >= 4 is 11.6 Å². The molecular weight excluding hydrogens is 168 g/mol. The van der Waals surface area contributed by atoms with Gasteiger partial charge in [0.25, 0.3) is 0 Å². The Hall–Kier alpha value is -0.700. The molecule has 0 aromatic rings. The first-order valence-corrected chi connectivity index (χ1v) is 4.74. The van der Waals surface area contributed by atoms with Gasteiger partial charge in [-0.3, -0.25) is 9.59 Å². The first kappa shape index (κ1) is 10.4. The lowest BCUT2D eigenvalue weighted by Gasteiger charge is -2.31. The van der Waals surface area contributed by atoms with Gasteiger partial charge in [0.05, 0.1) is 0 Å². The van der Waals surface area contributed by atoms with Crippen LogP contribution in [0.2, 0.25) is 0 Å². The Bertz CT molecular complexity index is 222. The van der Waals surface area contributed by atoms with Crippen molar-refractivity contribution in [3.05, 3.63) is 0 Å². The summed E-state index contributed by atoms with van der Waals surface area (Å²) >= 11 is 0. The first-order valence-electron chi connectivity index (χ1n) is 4.74. The second-order valence-corrected chi connectivity index (χ2v) is 4.06. The minimum absolute atomic E-state index is 0.181. The van der Waals surface area contributed by atoms with Crippen LogP contribution in [-0.4, -0.2) is 23.3 Å². The molecule has 1 saturated carbocycles. The quantitative estimate of drug-likeness (QED) is 0.714. The van der Waals surface area contributed by atoms with Crippen molar-refractivity contribution in [2.45, 2.75) is 39.0 Å². The zero-order valence-corrected chi connectivity index (χ0v) is 8.01. The molecule has 0 aromatic carbocycles. The lowest BCUT2D eigenvalue weighted by atomic mass is 9.71. The van der Waals surface area contributed by atoms with Crippen LogP contribution in [0.1, 0.15) is 39.0 Å². The Morgan fingerprint density at radius 2 is 2.23 bits per heavy atom. The van der Waals surface area contributed by atoms with Crippen molar-refractivity contribution in [3.8, 4) is 0 Å². The van der Waals surface area contributed by atoms with E-state index in [1.165, 1.54) is 0 Å². The SMILES string of the molecule is CC1(CC(=O)CO)CCCCC1=O. The predicted octanol–water partition coefficient (Wildman–Crippen LogP) is 1.09. The highest BCUT2D eigenvalue weighted by atomic mass is 16.3. The minimum Gasteiger partial charge on any atom is -0.389 e. The summed E-state index contributed by atoms with van der Waals surface area (Å²) in [5.74, 6) is -0.0432. The maximum absolute atomic E-state index is 11.5. The molecule has 0 saturated heterocycles. The average Bonchev–Trinajstić information content (AvgIpc) is 2.10. The summed E-state index contributed by atoms with van der Waals surface area (Å²) in [6.07, 6.45) is 3.55. The van der Waals surface area contributed by atoms with Crippen molar-refractivity contribution < 1.29 is 14.7 Å². The van der Waals surface area contributed by atoms with Gasteiger partial charge in [-0.25, -0.2) is 0 Å². The van der Waals surface area contributed by atoms with Gasteiger partial charge in [-0.05, 0) is 12.8 Å². The summed E-state index contributed by atoms with van der Waals surface area (Å²) in [7, 11) is 0. The van der Waals surface area contributed by atoms with Gasteiger partial charge < -0.3 is 5.11 Å². The van der Waals surface area contributed by atoms with E-state index in [1.54, 1.807) is 0 Å². The molecule has 1 fully saturated rings. The predicted molar refractivity (Wildman–Crippen MR) is 48.3 cm³/mol. The van der Waals surface area contributed by atoms with E-state index in [-0.39, 0.29) is 18.0 Å². The van der Waals surface area contributed by atoms with Crippen LogP contribution < -0.4 is 0 Å². The molecule has 3 nitrogen and oxygen atoms in total. The van der Waals surface area contributed by atoms with Crippen molar-refractivity contribution in [2.75, 3.05) is 6.61 Å². The minimum atomic E-state index is -0.488. The number of ketones is 2. The number of carbonyl (C=O) groups is 2. The molecule has 1 unspecified atom stereocenters. The molecule has 0 spiro atoms. The Labute approximate surface area is 78.1 Å². The molecule has 0 aromatic heterocycles. The molecule has 0 radical (unpaired) electrons. The lowest BCUT2D eigenvalue weighted by Crippen LogP contribution is -2.34. The molecule has 0 heterocycles. The van der Waals surface area contributed by atoms with Crippen LogP contribution in [0.15, 0.2) is 0 Å². The van der Waals surface area contributed by atoms with E-state index in [0.29, 0.717) is 6.42 Å². The fourth-order valence-corrected chi connectivity index (χ4v) is 1.92. The van der Waals surface area contributed by atoms with Gasteiger partial charge in [0.2, 0.25) is 0 Å². The van der Waals surface area contributed by atoms with Gasteiger partial charge in [0.1, 0.15) is 12.4 Å². The third-order valence-electron chi connectivity index (χ3n) is 2.82. The monoisotopic (exact) mass is 184 g/mol. The van der Waals surface area contributed by atoms with E-state index in [2.05, 4.69) is 0 Å². The maximum atomic E-state index is 11.5. The zero-order valence-electron chi connectivity index (χ0n) is 8.01. The summed E-state index contributed by atoms with van der Waals surface area (Å²) in [5.41, 5.74) is -0.488. The van der Waals surface area contributed by atoms with E-state index in [1.807, 2.05) is 6.92 Å². The average molecular weight is 184 g/mol. The molecular formula is C10H16O3. The summed E-state index contributed by atoms with van der Waals surface area (Å²) in [5, 5.41) is 8.61. The Morgan fingerprint density at radius 3 is 2.77 bits per heavy atom. The van der Waals surface area contributed by atoms with E-state index in [9.17, 15) is 9.59 Å². The van der Waals surface area contributed by atoms with Crippen LogP contribution in [0.5, 0.6) is 0 Å². The Morgan fingerprint density at radius 1 is 1.54 bits per heavy atom. The van der Waals surface area contributed by atoms with Crippen LogP contribution in [0.3, 0.4) is 0 Å². The lowest BCUT2D eigenvalue weighted by molar-refractivity contribution is -0.136. The smallest absolute Gasteiger partial charge is 0.159 e. The Balaban J connectivity index is 2.62. The van der Waals surface area contributed by atoms with E-state index < -0.39 is 12.0 Å². The third-order valence-corrected chi connectivity index (χ3v) is 2.82. The molecule has 1 atom stereocenters.